The Morgan fingerprint density at radius 3 is 3.00 bits per heavy atom. The summed E-state index contributed by atoms with van der Waals surface area (Å²) < 4.78 is 0. The molecule has 73 valence electrons. The van der Waals surface area contributed by atoms with Crippen molar-refractivity contribution in [3.8, 4) is 0 Å². The van der Waals surface area contributed by atoms with Gasteiger partial charge in [0, 0.05) is 23.4 Å². The number of carbonyl (C=O) groups is 1. The molecule has 3 rings (SSSR count). The number of rotatable bonds is 0. The first-order valence-electron chi connectivity index (χ1n) is 5.19. The van der Waals surface area contributed by atoms with Crippen LogP contribution in [0.5, 0.6) is 0 Å². The van der Waals surface area contributed by atoms with Crippen LogP contribution in [0.1, 0.15) is 28.9 Å². The second kappa shape index (κ2) is 3.16. The van der Waals surface area contributed by atoms with Gasteiger partial charge in [0.1, 0.15) is 0 Å². The summed E-state index contributed by atoms with van der Waals surface area (Å²) in [6.07, 6.45) is 2.47. The van der Waals surface area contributed by atoms with Gasteiger partial charge >= 0.3 is 0 Å². The van der Waals surface area contributed by atoms with E-state index < -0.39 is 0 Å². The van der Waals surface area contributed by atoms with E-state index in [1.165, 1.54) is 0 Å². The minimum absolute atomic E-state index is 0.189. The Balaban J connectivity index is 2.32. The SMILES string of the molecule is O=C1CCCc2nc3ccccc3[c]c21. The molecule has 0 unspecified atom stereocenters. The Kier molecular flexibility index (Phi) is 1.81. The molecule has 0 saturated heterocycles. The lowest BCUT2D eigenvalue weighted by Gasteiger charge is -2.13. The Bertz CT molecular complexity index is 545. The number of fused-ring (bicyclic) bond motifs is 2. The summed E-state index contributed by atoms with van der Waals surface area (Å²) in [5, 5.41) is 0.937. The molecule has 2 aromatic rings. The van der Waals surface area contributed by atoms with Crippen LogP contribution in [0.25, 0.3) is 10.9 Å². The zero-order valence-corrected chi connectivity index (χ0v) is 8.29. The van der Waals surface area contributed by atoms with Crippen LogP contribution in [0.2, 0.25) is 0 Å². The number of pyridine rings is 1. The van der Waals surface area contributed by atoms with Crippen molar-refractivity contribution < 1.29 is 4.79 Å². The van der Waals surface area contributed by atoms with Gasteiger partial charge in [-0.3, -0.25) is 9.78 Å². The third kappa shape index (κ3) is 1.33. The Morgan fingerprint density at radius 1 is 1.20 bits per heavy atom. The molecule has 15 heavy (non-hydrogen) atoms. The highest BCUT2D eigenvalue weighted by Crippen LogP contribution is 2.22. The van der Waals surface area contributed by atoms with Gasteiger partial charge in [-0.05, 0) is 18.9 Å². The summed E-state index contributed by atoms with van der Waals surface area (Å²) in [6, 6.07) is 11.0. The fourth-order valence-electron chi connectivity index (χ4n) is 2.04. The van der Waals surface area contributed by atoms with Crippen LogP contribution in [0.4, 0.5) is 0 Å². The molecule has 0 fully saturated rings. The van der Waals surface area contributed by atoms with Crippen LogP contribution < -0.4 is 0 Å². The lowest BCUT2D eigenvalue weighted by atomic mass is 9.93. The highest BCUT2D eigenvalue weighted by atomic mass is 16.1. The Morgan fingerprint density at radius 2 is 2.07 bits per heavy atom. The molecular weight excluding hydrogens is 186 g/mol. The van der Waals surface area contributed by atoms with Crippen molar-refractivity contribution in [1.29, 1.82) is 0 Å². The molecule has 2 nitrogen and oxygen atoms in total. The van der Waals surface area contributed by atoms with E-state index in [9.17, 15) is 4.79 Å². The number of Topliss-reactive ketones (excluding diaryl/α,β-unsaturated/α-hetero) is 1. The maximum absolute atomic E-state index is 11.7. The standard InChI is InChI=1S/C13H10NO/c15-13-7-3-6-12-10(13)8-9-4-1-2-5-11(9)14-12/h1-2,4-5H,3,6-7H2. The number of carbonyl (C=O) groups excluding carboxylic acids is 1. The zero-order chi connectivity index (χ0) is 10.3. The number of benzene rings is 1. The van der Waals surface area contributed by atoms with Crippen LogP contribution in [-0.4, -0.2) is 10.8 Å². The minimum Gasteiger partial charge on any atom is -0.294 e. The quantitative estimate of drug-likeness (QED) is 0.648. The van der Waals surface area contributed by atoms with Crippen molar-refractivity contribution in [3.05, 3.63) is 41.6 Å². The molecule has 1 heterocycles. The van der Waals surface area contributed by atoms with Crippen LogP contribution in [0.3, 0.4) is 0 Å². The predicted octanol–water partition coefficient (Wildman–Crippen LogP) is 2.55. The number of hydrogen-bond donors (Lipinski definition) is 0. The van der Waals surface area contributed by atoms with E-state index in [0.29, 0.717) is 12.0 Å². The topological polar surface area (TPSA) is 30.0 Å². The number of aromatic nitrogens is 1. The summed E-state index contributed by atoms with van der Waals surface area (Å²) in [4.78, 5) is 16.2. The third-order valence-corrected chi connectivity index (χ3v) is 2.80. The number of hydrogen-bond acceptors (Lipinski definition) is 2. The fourth-order valence-corrected chi connectivity index (χ4v) is 2.04. The highest BCUT2D eigenvalue weighted by Gasteiger charge is 2.18. The van der Waals surface area contributed by atoms with Gasteiger partial charge in [-0.1, -0.05) is 18.2 Å². The summed E-state index contributed by atoms with van der Waals surface area (Å²) in [5.74, 6) is 0.189. The normalized spacial score (nSPS) is 15.3. The molecule has 1 radical (unpaired) electrons. The lowest BCUT2D eigenvalue weighted by molar-refractivity contribution is 0.0971. The van der Waals surface area contributed by atoms with Crippen LogP contribution >= 0.6 is 0 Å². The van der Waals surface area contributed by atoms with Crippen molar-refractivity contribution in [2.75, 3.05) is 0 Å². The van der Waals surface area contributed by atoms with Gasteiger partial charge < -0.3 is 0 Å². The number of nitrogens with zero attached hydrogens (tertiary/aromatic N) is 1. The Labute approximate surface area is 87.9 Å². The molecular formula is C13H10NO. The van der Waals surface area contributed by atoms with Crippen molar-refractivity contribution in [2.45, 2.75) is 19.3 Å². The van der Waals surface area contributed by atoms with E-state index in [2.05, 4.69) is 11.1 Å². The van der Waals surface area contributed by atoms with E-state index in [1.54, 1.807) is 0 Å². The largest absolute Gasteiger partial charge is 0.294 e. The number of ketones is 1. The van der Waals surface area contributed by atoms with Crippen molar-refractivity contribution >= 4 is 16.7 Å². The summed E-state index contributed by atoms with van der Waals surface area (Å²) in [6.45, 7) is 0. The molecule has 2 heteroatoms. The fraction of sp³-hybridized carbons (Fsp3) is 0.231. The smallest absolute Gasteiger partial charge is 0.165 e. The summed E-state index contributed by atoms with van der Waals surface area (Å²) >= 11 is 0. The summed E-state index contributed by atoms with van der Waals surface area (Å²) in [5.41, 5.74) is 2.57. The van der Waals surface area contributed by atoms with Crippen LogP contribution in [0, 0.1) is 6.07 Å². The molecule has 1 aromatic carbocycles. The van der Waals surface area contributed by atoms with E-state index in [0.717, 1.165) is 29.4 Å². The van der Waals surface area contributed by atoms with E-state index in [1.807, 2.05) is 24.3 Å². The molecule has 1 aliphatic rings. The molecule has 0 bridgehead atoms. The maximum atomic E-state index is 11.7. The van der Waals surface area contributed by atoms with E-state index in [-0.39, 0.29) is 5.78 Å². The molecule has 0 spiro atoms. The molecule has 0 saturated carbocycles. The van der Waals surface area contributed by atoms with Gasteiger partial charge in [-0.2, -0.15) is 0 Å². The first kappa shape index (κ1) is 8.60. The predicted molar refractivity (Wildman–Crippen MR) is 57.8 cm³/mol. The highest BCUT2D eigenvalue weighted by molar-refractivity contribution is 6.00. The molecule has 1 aliphatic carbocycles. The van der Waals surface area contributed by atoms with Gasteiger partial charge in [-0.15, -0.1) is 0 Å². The molecule has 0 aliphatic heterocycles. The van der Waals surface area contributed by atoms with E-state index in [4.69, 9.17) is 0 Å². The zero-order valence-electron chi connectivity index (χ0n) is 8.29. The van der Waals surface area contributed by atoms with Gasteiger partial charge in [0.25, 0.3) is 0 Å². The molecule has 0 N–H and O–H groups in total. The van der Waals surface area contributed by atoms with Gasteiger partial charge in [0.05, 0.1) is 11.2 Å². The lowest BCUT2D eigenvalue weighted by Crippen LogP contribution is -2.12. The number of para-hydroxylation sites is 1. The first-order valence-corrected chi connectivity index (χ1v) is 5.19. The van der Waals surface area contributed by atoms with Gasteiger partial charge in [0.2, 0.25) is 0 Å². The van der Waals surface area contributed by atoms with Gasteiger partial charge in [0.15, 0.2) is 5.78 Å². The average Bonchev–Trinajstić information content (AvgIpc) is 2.27. The van der Waals surface area contributed by atoms with Crippen LogP contribution in [-0.2, 0) is 6.42 Å². The molecule has 0 atom stereocenters. The first-order chi connectivity index (χ1) is 7.34. The van der Waals surface area contributed by atoms with Gasteiger partial charge in [-0.25, -0.2) is 0 Å². The van der Waals surface area contributed by atoms with Crippen molar-refractivity contribution in [3.63, 3.8) is 0 Å². The maximum Gasteiger partial charge on any atom is 0.165 e. The Hall–Kier alpha value is -1.70. The van der Waals surface area contributed by atoms with Crippen molar-refractivity contribution in [1.82, 2.24) is 4.98 Å². The average molecular weight is 196 g/mol. The van der Waals surface area contributed by atoms with Crippen LogP contribution in [0.15, 0.2) is 24.3 Å². The van der Waals surface area contributed by atoms with E-state index >= 15 is 0 Å². The summed E-state index contributed by atoms with van der Waals surface area (Å²) in [7, 11) is 0. The third-order valence-electron chi connectivity index (χ3n) is 2.80. The second-order valence-electron chi connectivity index (χ2n) is 3.85. The second-order valence-corrected chi connectivity index (χ2v) is 3.85. The molecule has 0 amide bonds. The van der Waals surface area contributed by atoms with Crippen molar-refractivity contribution in [2.24, 2.45) is 0 Å². The molecule has 1 aromatic heterocycles. The number of aryl methyl sites for hydroxylation is 1. The minimum atomic E-state index is 0.189. The monoisotopic (exact) mass is 196 g/mol.